The van der Waals surface area contributed by atoms with Crippen LogP contribution in [0.3, 0.4) is 0 Å². The fraction of sp³-hybridized carbons (Fsp3) is 0.471. The van der Waals surface area contributed by atoms with E-state index in [-0.39, 0.29) is 13.3 Å². The zero-order valence-electron chi connectivity index (χ0n) is 13.0. The Kier molecular flexibility index (Phi) is 2.68. The molecule has 0 saturated heterocycles. The molecule has 2 bridgehead atoms. The van der Waals surface area contributed by atoms with Crippen molar-refractivity contribution in [2.45, 2.75) is 23.7 Å². The average molecular weight is 331 g/mol. The van der Waals surface area contributed by atoms with Crippen LogP contribution in [-0.2, 0) is 10.2 Å². The summed E-state index contributed by atoms with van der Waals surface area (Å²) in [6.45, 7) is 0.0846. The second kappa shape index (κ2) is 4.50. The first-order chi connectivity index (χ1) is 11.6. The molecule has 0 spiro atoms. The summed E-state index contributed by atoms with van der Waals surface area (Å²) >= 11 is 0. The molecule has 1 aromatic carbocycles. The first kappa shape index (κ1) is 14.3. The summed E-state index contributed by atoms with van der Waals surface area (Å²) in [7, 11) is 1.55. The second-order valence-corrected chi connectivity index (χ2v) is 6.65. The molecular formula is C17H17NO6. The molecule has 24 heavy (non-hydrogen) atoms. The Morgan fingerprint density at radius 2 is 2.04 bits per heavy atom. The largest absolute Gasteiger partial charge is 0.624 e. The number of hydroxylamine groups is 1. The van der Waals surface area contributed by atoms with Crippen LogP contribution in [0.15, 0.2) is 24.3 Å². The lowest BCUT2D eigenvalue weighted by molar-refractivity contribution is -0.459. The quantitative estimate of drug-likeness (QED) is 0.435. The molecule has 2 aliphatic heterocycles. The number of benzene rings is 1. The van der Waals surface area contributed by atoms with Gasteiger partial charge in [-0.2, -0.15) is 0 Å². The van der Waals surface area contributed by atoms with Crippen LogP contribution in [0.5, 0.6) is 11.5 Å². The van der Waals surface area contributed by atoms with Crippen molar-refractivity contribution in [2.75, 3.05) is 20.4 Å². The van der Waals surface area contributed by atoms with Gasteiger partial charge in [0.15, 0.2) is 23.8 Å². The van der Waals surface area contributed by atoms with Crippen LogP contribution in [0.2, 0.25) is 0 Å². The zero-order valence-corrected chi connectivity index (χ0v) is 13.0. The van der Waals surface area contributed by atoms with Gasteiger partial charge in [-0.25, -0.2) is 4.74 Å². The van der Waals surface area contributed by atoms with Gasteiger partial charge in [-0.1, -0.05) is 12.2 Å². The molecule has 0 amide bonds. The Labute approximate surface area is 138 Å². The molecule has 0 radical (unpaired) electrons. The van der Waals surface area contributed by atoms with Crippen molar-refractivity contribution in [3.8, 4) is 11.5 Å². The van der Waals surface area contributed by atoms with E-state index in [2.05, 4.69) is 0 Å². The van der Waals surface area contributed by atoms with Crippen LogP contribution in [0.1, 0.15) is 17.2 Å². The molecule has 0 aromatic heterocycles. The Morgan fingerprint density at radius 3 is 2.79 bits per heavy atom. The predicted molar refractivity (Wildman–Crippen MR) is 82.1 cm³/mol. The number of fused-ring (bicyclic) bond motifs is 2. The number of β-amino-alcohol motifs (C(OH)–C–C–N with tert-alkyl or cyclic N) is 1. The van der Waals surface area contributed by atoms with Crippen LogP contribution in [-0.4, -0.2) is 53.3 Å². The highest BCUT2D eigenvalue weighted by Gasteiger charge is 2.64. The van der Waals surface area contributed by atoms with Crippen molar-refractivity contribution < 1.29 is 29.2 Å². The third kappa shape index (κ3) is 1.46. The van der Waals surface area contributed by atoms with Gasteiger partial charge in [0, 0.05) is 7.11 Å². The molecule has 7 heteroatoms. The van der Waals surface area contributed by atoms with Crippen molar-refractivity contribution in [3.05, 3.63) is 40.6 Å². The van der Waals surface area contributed by atoms with Crippen LogP contribution < -0.4 is 9.47 Å². The normalized spacial score (nSPS) is 38.3. The fourth-order valence-corrected chi connectivity index (χ4v) is 4.65. The van der Waals surface area contributed by atoms with Crippen molar-refractivity contribution in [1.29, 1.82) is 0 Å². The molecule has 0 fully saturated rings. The Bertz CT molecular complexity index is 803. The summed E-state index contributed by atoms with van der Waals surface area (Å²) in [6, 6.07) is 3.52. The maximum Gasteiger partial charge on any atom is 0.231 e. The van der Waals surface area contributed by atoms with E-state index >= 15 is 0 Å². The van der Waals surface area contributed by atoms with Gasteiger partial charge in [-0.3, -0.25) is 0 Å². The molecular weight excluding hydrogens is 314 g/mol. The highest BCUT2D eigenvalue weighted by molar-refractivity contribution is 6.01. The van der Waals surface area contributed by atoms with Crippen molar-refractivity contribution >= 4 is 5.71 Å². The number of aliphatic hydroxyl groups excluding tert-OH is 2. The van der Waals surface area contributed by atoms with Gasteiger partial charge in [0.05, 0.1) is 12.2 Å². The number of nitrogens with zero attached hydrogens (tertiary/aromatic N) is 1. The first-order valence-corrected chi connectivity index (χ1v) is 7.92. The maximum absolute atomic E-state index is 12.5. The number of hydrogen-bond acceptors (Lipinski definition) is 6. The summed E-state index contributed by atoms with van der Waals surface area (Å²) in [6.07, 6.45) is 1.42. The van der Waals surface area contributed by atoms with Crippen LogP contribution in [0, 0.1) is 11.1 Å². The Morgan fingerprint density at radius 1 is 1.29 bits per heavy atom. The standard InChI is InChI=1S/C17H17NO6/c1-22-10-2-3-17-9-5-12-11(23-7-24-12)4-8(9)15(20)14(10)16(17)18(21)6-13(17)19/h2-5,10,13-15,19-20H,6-7H2,1H3/t10-,13+,14+,15-,17-/m1/s1. The topological polar surface area (TPSA) is 94.2 Å². The zero-order chi connectivity index (χ0) is 16.6. The number of ether oxygens (including phenoxy) is 3. The van der Waals surface area contributed by atoms with Gasteiger partial charge < -0.3 is 29.6 Å². The Balaban J connectivity index is 1.84. The monoisotopic (exact) mass is 331 g/mol. The molecule has 5 atom stereocenters. The average Bonchev–Trinajstić information content (AvgIpc) is 3.14. The van der Waals surface area contributed by atoms with E-state index in [1.54, 1.807) is 19.2 Å². The lowest BCUT2D eigenvalue weighted by Gasteiger charge is -2.44. The molecule has 5 rings (SSSR count). The van der Waals surface area contributed by atoms with E-state index in [1.807, 2.05) is 12.2 Å². The lowest BCUT2D eigenvalue weighted by atomic mass is 9.58. The highest BCUT2D eigenvalue weighted by atomic mass is 16.7. The minimum atomic E-state index is -0.947. The number of methoxy groups -OCH3 is 1. The molecule has 0 saturated carbocycles. The number of rotatable bonds is 1. The summed E-state index contributed by atoms with van der Waals surface area (Å²) in [5.74, 6) is 0.588. The number of hydrogen-bond donors (Lipinski definition) is 2. The highest BCUT2D eigenvalue weighted by Crippen LogP contribution is 2.54. The van der Waals surface area contributed by atoms with Crippen molar-refractivity contribution in [3.63, 3.8) is 0 Å². The molecule has 126 valence electrons. The third-order valence-corrected chi connectivity index (χ3v) is 5.70. The summed E-state index contributed by atoms with van der Waals surface area (Å²) in [5.41, 5.74) is 0.857. The van der Waals surface area contributed by atoms with E-state index in [0.29, 0.717) is 28.3 Å². The van der Waals surface area contributed by atoms with E-state index in [9.17, 15) is 15.4 Å². The smallest absolute Gasteiger partial charge is 0.231 e. The summed E-state index contributed by atoms with van der Waals surface area (Å²) < 4.78 is 17.2. The summed E-state index contributed by atoms with van der Waals surface area (Å²) in [4.78, 5) is 0. The third-order valence-electron chi connectivity index (χ3n) is 5.70. The van der Waals surface area contributed by atoms with Crippen LogP contribution >= 0.6 is 0 Å². The lowest BCUT2D eigenvalue weighted by Crippen LogP contribution is -2.56. The molecule has 7 nitrogen and oxygen atoms in total. The van der Waals surface area contributed by atoms with Gasteiger partial charge in [0.25, 0.3) is 0 Å². The van der Waals surface area contributed by atoms with Crippen LogP contribution in [0.4, 0.5) is 0 Å². The predicted octanol–water partition coefficient (Wildman–Crippen LogP) is 0.227. The second-order valence-electron chi connectivity index (χ2n) is 6.65. The fourth-order valence-electron chi connectivity index (χ4n) is 4.65. The van der Waals surface area contributed by atoms with Crippen molar-refractivity contribution in [2.24, 2.45) is 5.92 Å². The van der Waals surface area contributed by atoms with Gasteiger partial charge in [0.2, 0.25) is 6.79 Å². The van der Waals surface area contributed by atoms with Crippen LogP contribution in [0.25, 0.3) is 0 Å². The SMILES string of the molecule is CO[C@@H]1C=C[C@]23C(=[N+]([O-])C[C@@H]2O)[C@@H]1[C@H](O)c1cc2c(cc13)OCO2. The van der Waals surface area contributed by atoms with Gasteiger partial charge in [-0.05, 0) is 23.3 Å². The van der Waals surface area contributed by atoms with E-state index in [0.717, 1.165) is 4.74 Å². The minimum absolute atomic E-state index is 0.0345. The van der Waals surface area contributed by atoms with E-state index in [1.165, 1.54) is 0 Å². The Hall–Kier alpha value is -2.09. The van der Waals surface area contributed by atoms with Gasteiger partial charge >= 0.3 is 0 Å². The maximum atomic E-state index is 12.5. The van der Waals surface area contributed by atoms with Crippen molar-refractivity contribution in [1.82, 2.24) is 0 Å². The van der Waals surface area contributed by atoms with E-state index in [4.69, 9.17) is 14.2 Å². The molecule has 2 N–H and O–H groups in total. The van der Waals surface area contributed by atoms with Gasteiger partial charge in [-0.15, -0.1) is 0 Å². The molecule has 2 aliphatic carbocycles. The van der Waals surface area contributed by atoms with Gasteiger partial charge in [0.1, 0.15) is 17.4 Å². The summed E-state index contributed by atoms with van der Waals surface area (Å²) in [5, 5.41) is 34.2. The molecule has 0 unspecified atom stereocenters. The van der Waals surface area contributed by atoms with E-state index < -0.39 is 29.6 Å². The minimum Gasteiger partial charge on any atom is -0.624 e. The molecule has 1 aromatic rings. The number of aliphatic hydroxyl groups is 2. The molecule has 2 heterocycles. The molecule has 4 aliphatic rings. The first-order valence-electron chi connectivity index (χ1n) is 7.92.